The number of benzene rings is 2. The summed E-state index contributed by atoms with van der Waals surface area (Å²) in [5.74, 6) is -1.88. The third kappa shape index (κ3) is 2.97. The summed E-state index contributed by atoms with van der Waals surface area (Å²) in [6, 6.07) is 5.78. The van der Waals surface area contributed by atoms with Gasteiger partial charge in [0.05, 0.1) is 5.02 Å². The Hall–Kier alpha value is -1.52. The fourth-order valence-corrected chi connectivity index (χ4v) is 2.24. The van der Waals surface area contributed by atoms with E-state index in [1.165, 1.54) is 30.3 Å². The molecule has 0 aromatic heterocycles. The van der Waals surface area contributed by atoms with Crippen molar-refractivity contribution < 1.29 is 13.2 Å². The fourth-order valence-electron chi connectivity index (χ4n) is 2.04. The maximum absolute atomic E-state index is 14.0. The number of halogens is 4. The lowest BCUT2D eigenvalue weighted by Gasteiger charge is -2.15. The van der Waals surface area contributed by atoms with E-state index >= 15 is 0 Å². The molecule has 0 fully saturated rings. The van der Waals surface area contributed by atoms with Gasteiger partial charge in [0.15, 0.2) is 0 Å². The van der Waals surface area contributed by atoms with Gasteiger partial charge in [0.2, 0.25) is 0 Å². The van der Waals surface area contributed by atoms with Gasteiger partial charge in [-0.05, 0) is 42.7 Å². The molecule has 2 N–H and O–H groups in total. The minimum atomic E-state index is -0.864. The predicted octanol–water partition coefficient (Wildman–Crippen LogP) is 4.31. The summed E-state index contributed by atoms with van der Waals surface area (Å²) >= 11 is 5.67. The molecular weight excluding hydrogens is 287 g/mol. The highest BCUT2D eigenvalue weighted by atomic mass is 35.5. The molecule has 0 radical (unpaired) electrons. The van der Waals surface area contributed by atoms with Gasteiger partial charge in [-0.25, -0.2) is 13.2 Å². The fraction of sp³-hybridized carbons (Fsp3) is 0.200. The summed E-state index contributed by atoms with van der Waals surface area (Å²) in [7, 11) is 0. The quantitative estimate of drug-likeness (QED) is 0.898. The van der Waals surface area contributed by atoms with Crippen LogP contribution in [0.15, 0.2) is 30.3 Å². The molecule has 20 heavy (non-hydrogen) atoms. The largest absolute Gasteiger partial charge is 0.323 e. The third-order valence-corrected chi connectivity index (χ3v) is 3.42. The Morgan fingerprint density at radius 1 is 1.10 bits per heavy atom. The highest BCUT2D eigenvalue weighted by molar-refractivity contribution is 6.30. The van der Waals surface area contributed by atoms with Gasteiger partial charge >= 0.3 is 0 Å². The van der Waals surface area contributed by atoms with Gasteiger partial charge in [0.1, 0.15) is 17.5 Å². The van der Waals surface area contributed by atoms with E-state index in [9.17, 15) is 13.2 Å². The summed E-state index contributed by atoms with van der Waals surface area (Å²) in [4.78, 5) is 0. The molecule has 0 aliphatic heterocycles. The van der Waals surface area contributed by atoms with Gasteiger partial charge < -0.3 is 5.73 Å². The topological polar surface area (TPSA) is 26.0 Å². The van der Waals surface area contributed by atoms with Crippen LogP contribution in [-0.2, 0) is 6.42 Å². The molecule has 0 heterocycles. The number of hydrogen-bond acceptors (Lipinski definition) is 1. The van der Waals surface area contributed by atoms with Crippen molar-refractivity contribution in [2.75, 3.05) is 0 Å². The maximum atomic E-state index is 14.0. The highest BCUT2D eigenvalue weighted by Crippen LogP contribution is 2.26. The molecule has 0 aliphatic carbocycles. The molecule has 5 heteroatoms. The van der Waals surface area contributed by atoms with Crippen LogP contribution in [0.4, 0.5) is 13.2 Å². The van der Waals surface area contributed by atoms with Crippen LogP contribution in [0.2, 0.25) is 5.02 Å². The van der Waals surface area contributed by atoms with Gasteiger partial charge in [0.25, 0.3) is 0 Å². The molecule has 2 aromatic carbocycles. The van der Waals surface area contributed by atoms with Crippen molar-refractivity contribution in [3.63, 3.8) is 0 Å². The molecule has 0 spiro atoms. The smallest absolute Gasteiger partial charge is 0.141 e. The first-order valence-electron chi connectivity index (χ1n) is 6.04. The van der Waals surface area contributed by atoms with Gasteiger partial charge in [-0.15, -0.1) is 0 Å². The van der Waals surface area contributed by atoms with E-state index in [4.69, 9.17) is 17.3 Å². The Kier molecular flexibility index (Phi) is 4.35. The minimum Gasteiger partial charge on any atom is -0.323 e. The molecule has 106 valence electrons. The Morgan fingerprint density at radius 3 is 2.40 bits per heavy atom. The monoisotopic (exact) mass is 299 g/mol. The molecule has 0 amide bonds. The van der Waals surface area contributed by atoms with Gasteiger partial charge in [-0.2, -0.15) is 0 Å². The standard InChI is InChI=1S/C15H13ClF3N/c1-8-2-4-12(18)14(15(8)19)13(20)7-9-3-5-11(17)10(16)6-9/h2-6,13H,7,20H2,1H3. The molecule has 1 atom stereocenters. The van der Waals surface area contributed by atoms with E-state index in [0.717, 1.165) is 0 Å². The van der Waals surface area contributed by atoms with Crippen molar-refractivity contribution >= 4 is 11.6 Å². The highest BCUT2D eigenvalue weighted by Gasteiger charge is 2.19. The first-order valence-corrected chi connectivity index (χ1v) is 6.42. The van der Waals surface area contributed by atoms with Crippen molar-refractivity contribution in [3.05, 3.63) is 69.5 Å². The molecule has 0 aliphatic rings. The van der Waals surface area contributed by atoms with Crippen molar-refractivity contribution in [2.24, 2.45) is 5.73 Å². The number of nitrogens with two attached hydrogens (primary N) is 1. The summed E-state index contributed by atoms with van der Waals surface area (Å²) in [6.45, 7) is 1.54. The lowest BCUT2D eigenvalue weighted by Crippen LogP contribution is -2.17. The van der Waals surface area contributed by atoms with Gasteiger partial charge in [-0.3, -0.25) is 0 Å². The summed E-state index contributed by atoms with van der Waals surface area (Å²) in [5, 5.41) is -0.0418. The molecule has 2 rings (SSSR count). The van der Waals surface area contributed by atoms with E-state index in [1.807, 2.05) is 0 Å². The molecule has 2 aromatic rings. The summed E-state index contributed by atoms with van der Waals surface area (Å²) in [5.41, 5.74) is 6.65. The zero-order valence-electron chi connectivity index (χ0n) is 10.8. The van der Waals surface area contributed by atoms with E-state index in [0.29, 0.717) is 11.1 Å². The second kappa shape index (κ2) is 5.85. The van der Waals surface area contributed by atoms with E-state index in [1.54, 1.807) is 6.92 Å². The Bertz CT molecular complexity index is 643. The Balaban J connectivity index is 2.30. The van der Waals surface area contributed by atoms with Gasteiger partial charge in [0, 0.05) is 11.6 Å². The molecule has 0 saturated carbocycles. The van der Waals surface area contributed by atoms with Crippen LogP contribution in [0.3, 0.4) is 0 Å². The summed E-state index contributed by atoms with van der Waals surface area (Å²) in [6.07, 6.45) is 0.164. The first kappa shape index (κ1) is 14.9. The van der Waals surface area contributed by atoms with Crippen molar-refractivity contribution in [3.8, 4) is 0 Å². The van der Waals surface area contributed by atoms with Crippen LogP contribution in [0.5, 0.6) is 0 Å². The van der Waals surface area contributed by atoms with E-state index < -0.39 is 23.5 Å². The van der Waals surface area contributed by atoms with E-state index in [2.05, 4.69) is 0 Å². The number of aryl methyl sites for hydroxylation is 1. The van der Waals surface area contributed by atoms with Crippen LogP contribution in [-0.4, -0.2) is 0 Å². The molecule has 0 saturated heterocycles. The molecule has 0 bridgehead atoms. The zero-order valence-corrected chi connectivity index (χ0v) is 11.5. The molecule has 1 unspecified atom stereocenters. The van der Waals surface area contributed by atoms with Crippen LogP contribution in [0, 0.1) is 24.4 Å². The van der Waals surface area contributed by atoms with Crippen molar-refractivity contribution in [1.29, 1.82) is 0 Å². The summed E-state index contributed by atoms with van der Waals surface area (Å²) < 4.78 is 40.7. The average Bonchev–Trinajstić information content (AvgIpc) is 2.39. The molecular formula is C15H13ClF3N. The zero-order chi connectivity index (χ0) is 14.9. The van der Waals surface area contributed by atoms with Crippen LogP contribution in [0.25, 0.3) is 0 Å². The van der Waals surface area contributed by atoms with Gasteiger partial charge in [-0.1, -0.05) is 23.7 Å². The van der Waals surface area contributed by atoms with E-state index in [-0.39, 0.29) is 17.0 Å². The lowest BCUT2D eigenvalue weighted by molar-refractivity contribution is 0.519. The first-order chi connectivity index (χ1) is 9.40. The van der Waals surface area contributed by atoms with Crippen LogP contribution < -0.4 is 5.73 Å². The number of rotatable bonds is 3. The van der Waals surface area contributed by atoms with Crippen LogP contribution in [0.1, 0.15) is 22.7 Å². The lowest BCUT2D eigenvalue weighted by atomic mass is 9.97. The molecule has 1 nitrogen and oxygen atoms in total. The SMILES string of the molecule is Cc1ccc(F)c(C(N)Cc2ccc(F)c(Cl)c2)c1F. The van der Waals surface area contributed by atoms with Crippen molar-refractivity contribution in [2.45, 2.75) is 19.4 Å². The van der Waals surface area contributed by atoms with Crippen LogP contribution >= 0.6 is 11.6 Å². The predicted molar refractivity (Wildman–Crippen MR) is 73.1 cm³/mol. The van der Waals surface area contributed by atoms with Crippen molar-refractivity contribution in [1.82, 2.24) is 0 Å². The second-order valence-electron chi connectivity index (χ2n) is 4.65. The third-order valence-electron chi connectivity index (χ3n) is 3.13. The maximum Gasteiger partial charge on any atom is 0.141 e. The minimum absolute atomic E-state index is 0.0418. The normalized spacial score (nSPS) is 12.5. The average molecular weight is 300 g/mol. The number of hydrogen-bond donors (Lipinski definition) is 1. The Morgan fingerprint density at radius 2 is 1.75 bits per heavy atom. The second-order valence-corrected chi connectivity index (χ2v) is 5.06. The Labute approximate surface area is 120 Å².